The molecule has 2 heterocycles. The van der Waals surface area contributed by atoms with Crippen LogP contribution in [0.3, 0.4) is 0 Å². The number of guanidine groups is 1. The highest BCUT2D eigenvalue weighted by molar-refractivity contribution is 7.89. The van der Waals surface area contributed by atoms with Crippen molar-refractivity contribution in [2.45, 2.75) is 57.4 Å². The van der Waals surface area contributed by atoms with Gasteiger partial charge in [0.15, 0.2) is 5.96 Å². The predicted molar refractivity (Wildman–Crippen MR) is 132 cm³/mol. The van der Waals surface area contributed by atoms with Gasteiger partial charge < -0.3 is 15.4 Å². The monoisotopic (exact) mass is 480 g/mol. The van der Waals surface area contributed by atoms with Gasteiger partial charge in [0, 0.05) is 50.3 Å². The van der Waals surface area contributed by atoms with E-state index >= 15 is 0 Å². The normalized spacial score (nSPS) is 18.0. The number of nitrogens with zero attached hydrogens (tertiary/aromatic N) is 3. The van der Waals surface area contributed by atoms with Gasteiger partial charge in [0.1, 0.15) is 0 Å². The fourth-order valence-electron chi connectivity index (χ4n) is 4.56. The summed E-state index contributed by atoms with van der Waals surface area (Å²) < 4.78 is 33.6. The number of hydrogen-bond donors (Lipinski definition) is 3. The van der Waals surface area contributed by atoms with E-state index in [2.05, 4.69) is 20.5 Å². The van der Waals surface area contributed by atoms with Crippen molar-refractivity contribution in [2.75, 3.05) is 57.0 Å². The van der Waals surface area contributed by atoms with Gasteiger partial charge in [-0.2, -0.15) is 4.31 Å². The summed E-state index contributed by atoms with van der Waals surface area (Å²) in [5.74, 6) is 0.454. The zero-order valence-electron chi connectivity index (χ0n) is 19.7. The summed E-state index contributed by atoms with van der Waals surface area (Å²) in [4.78, 5) is 6.33. The maximum absolute atomic E-state index is 13.2. The number of anilines is 1. The molecular weight excluding hydrogens is 440 g/mol. The van der Waals surface area contributed by atoms with Gasteiger partial charge in [0.05, 0.1) is 19.0 Å². The van der Waals surface area contributed by atoms with Crippen molar-refractivity contribution < 1.29 is 13.2 Å². The van der Waals surface area contributed by atoms with Gasteiger partial charge in [-0.15, -0.1) is 0 Å². The van der Waals surface area contributed by atoms with E-state index in [4.69, 9.17) is 10.1 Å². The molecule has 1 aromatic heterocycles. The van der Waals surface area contributed by atoms with Gasteiger partial charge >= 0.3 is 0 Å². The standard InChI is InChI=1S/C23H40N6O3S/c24-23(27-21-9-12-25-13-10-21)26-11-4-1-5-20-33(30,31)29(22-7-2-3-8-22)15-6-14-28-16-18-32-19-17-28/h9-10,12-13,22H,1-8,11,14-20H2,(H3,24,25,26,27). The molecule has 0 radical (unpaired) electrons. The highest BCUT2D eigenvalue weighted by Gasteiger charge is 2.31. The molecule has 3 rings (SSSR count). The minimum absolute atomic E-state index is 0.182. The highest BCUT2D eigenvalue weighted by Crippen LogP contribution is 2.26. The molecule has 2 fully saturated rings. The molecule has 1 aromatic rings. The van der Waals surface area contributed by atoms with Crippen LogP contribution in [0, 0.1) is 5.41 Å². The molecule has 1 aliphatic carbocycles. The molecule has 10 heteroatoms. The van der Waals surface area contributed by atoms with Crippen molar-refractivity contribution in [3.8, 4) is 0 Å². The van der Waals surface area contributed by atoms with Crippen LogP contribution in [0.25, 0.3) is 0 Å². The summed E-state index contributed by atoms with van der Waals surface area (Å²) in [7, 11) is -3.24. The summed E-state index contributed by atoms with van der Waals surface area (Å²) in [6.45, 7) is 5.65. The molecule has 33 heavy (non-hydrogen) atoms. The van der Waals surface area contributed by atoms with Crippen LogP contribution in [-0.2, 0) is 14.8 Å². The van der Waals surface area contributed by atoms with E-state index in [1.54, 1.807) is 24.5 Å². The number of rotatable bonds is 13. The molecule has 0 unspecified atom stereocenters. The molecule has 0 atom stereocenters. The lowest BCUT2D eigenvalue weighted by Crippen LogP contribution is -2.43. The molecule has 1 aliphatic heterocycles. The van der Waals surface area contributed by atoms with Crippen LogP contribution in [-0.4, -0.2) is 86.3 Å². The van der Waals surface area contributed by atoms with E-state index in [1.165, 1.54) is 0 Å². The Morgan fingerprint density at radius 1 is 1.12 bits per heavy atom. The molecule has 0 amide bonds. The van der Waals surface area contributed by atoms with Gasteiger partial charge in [0.2, 0.25) is 10.0 Å². The van der Waals surface area contributed by atoms with Gasteiger partial charge in [-0.1, -0.05) is 19.3 Å². The molecule has 1 saturated heterocycles. The smallest absolute Gasteiger partial charge is 0.214 e. The van der Waals surface area contributed by atoms with Crippen LogP contribution >= 0.6 is 0 Å². The van der Waals surface area contributed by atoms with E-state index in [9.17, 15) is 8.42 Å². The summed E-state index contributed by atoms with van der Waals surface area (Å²) in [5, 5.41) is 13.9. The molecule has 0 spiro atoms. The fourth-order valence-corrected chi connectivity index (χ4v) is 6.43. The molecule has 2 aliphatic rings. The third-order valence-electron chi connectivity index (χ3n) is 6.38. The molecular formula is C23H40N6O3S. The molecule has 1 saturated carbocycles. The maximum atomic E-state index is 13.2. The van der Waals surface area contributed by atoms with Gasteiger partial charge in [-0.05, 0) is 50.8 Å². The summed E-state index contributed by atoms with van der Waals surface area (Å²) in [5.41, 5.74) is 0.814. The number of nitrogens with one attached hydrogen (secondary N) is 3. The second kappa shape index (κ2) is 13.8. The first-order valence-corrected chi connectivity index (χ1v) is 13.9. The van der Waals surface area contributed by atoms with Crippen molar-refractivity contribution in [3.05, 3.63) is 24.5 Å². The lowest BCUT2D eigenvalue weighted by molar-refractivity contribution is 0.0366. The first-order chi connectivity index (χ1) is 16.0. The number of aromatic nitrogens is 1. The van der Waals surface area contributed by atoms with Crippen LogP contribution in [0.4, 0.5) is 5.69 Å². The van der Waals surface area contributed by atoms with E-state index in [1.807, 2.05) is 4.31 Å². The Bertz CT molecular complexity index is 796. The lowest BCUT2D eigenvalue weighted by atomic mass is 10.2. The van der Waals surface area contributed by atoms with Crippen LogP contribution in [0.15, 0.2) is 24.5 Å². The predicted octanol–water partition coefficient (Wildman–Crippen LogP) is 2.48. The van der Waals surface area contributed by atoms with E-state index in [0.29, 0.717) is 19.5 Å². The molecule has 3 N–H and O–H groups in total. The zero-order chi connectivity index (χ0) is 23.4. The highest BCUT2D eigenvalue weighted by atomic mass is 32.2. The quantitative estimate of drug-likeness (QED) is 0.226. The second-order valence-corrected chi connectivity index (χ2v) is 10.9. The number of sulfonamides is 1. The largest absolute Gasteiger partial charge is 0.379 e. The number of ether oxygens (including phenoxy) is 1. The third-order valence-corrected chi connectivity index (χ3v) is 8.38. The number of hydrogen-bond acceptors (Lipinski definition) is 6. The second-order valence-electron chi connectivity index (χ2n) is 8.90. The zero-order valence-corrected chi connectivity index (χ0v) is 20.5. The Balaban J connectivity index is 1.35. The molecule has 0 bridgehead atoms. The fraction of sp³-hybridized carbons (Fsp3) is 0.739. The first kappa shape index (κ1) is 25.9. The summed E-state index contributed by atoms with van der Waals surface area (Å²) >= 11 is 0. The van der Waals surface area contributed by atoms with E-state index in [0.717, 1.165) is 83.5 Å². The SMILES string of the molecule is N=C(NCCCCCS(=O)(=O)N(CCCN1CCOCC1)C1CCCC1)Nc1ccncc1. The minimum Gasteiger partial charge on any atom is -0.379 e. The number of pyridine rings is 1. The average Bonchev–Trinajstić information content (AvgIpc) is 3.34. The van der Waals surface area contributed by atoms with E-state index in [-0.39, 0.29) is 17.8 Å². The number of unbranched alkanes of at least 4 members (excludes halogenated alkanes) is 2. The Labute approximate surface area is 198 Å². The van der Waals surface area contributed by atoms with Crippen LogP contribution < -0.4 is 10.6 Å². The average molecular weight is 481 g/mol. The summed E-state index contributed by atoms with van der Waals surface area (Å²) in [6.07, 6.45) is 10.8. The van der Waals surface area contributed by atoms with Crippen LogP contribution in [0.1, 0.15) is 51.4 Å². The minimum atomic E-state index is -3.24. The Morgan fingerprint density at radius 3 is 2.58 bits per heavy atom. The van der Waals surface area contributed by atoms with Crippen molar-refractivity contribution in [2.24, 2.45) is 0 Å². The topological polar surface area (TPSA) is 111 Å². The molecule has 0 aromatic carbocycles. The number of morpholine rings is 1. The maximum Gasteiger partial charge on any atom is 0.214 e. The van der Waals surface area contributed by atoms with Crippen LogP contribution in [0.2, 0.25) is 0 Å². The Kier molecular flexibility index (Phi) is 10.8. The van der Waals surface area contributed by atoms with Crippen molar-refractivity contribution in [1.82, 2.24) is 19.5 Å². The van der Waals surface area contributed by atoms with Gasteiger partial charge in [0.25, 0.3) is 0 Å². The summed E-state index contributed by atoms with van der Waals surface area (Å²) in [6, 6.07) is 3.79. The molecule has 186 valence electrons. The van der Waals surface area contributed by atoms with Crippen LogP contribution in [0.5, 0.6) is 0 Å². The van der Waals surface area contributed by atoms with Crippen molar-refractivity contribution >= 4 is 21.7 Å². The third kappa shape index (κ3) is 9.19. The molecule has 9 nitrogen and oxygen atoms in total. The lowest BCUT2D eigenvalue weighted by Gasteiger charge is -2.30. The Morgan fingerprint density at radius 2 is 1.85 bits per heavy atom. The van der Waals surface area contributed by atoms with Gasteiger partial charge in [-0.25, -0.2) is 8.42 Å². The van der Waals surface area contributed by atoms with Crippen molar-refractivity contribution in [3.63, 3.8) is 0 Å². The van der Waals surface area contributed by atoms with E-state index < -0.39 is 10.0 Å². The first-order valence-electron chi connectivity index (χ1n) is 12.3. The Hall–Kier alpha value is -1.75. The van der Waals surface area contributed by atoms with Gasteiger partial charge in [-0.3, -0.25) is 15.3 Å². The van der Waals surface area contributed by atoms with Crippen molar-refractivity contribution in [1.29, 1.82) is 5.41 Å².